The number of nitriles is 1. The van der Waals surface area contributed by atoms with E-state index < -0.39 is 18.6 Å². The summed E-state index contributed by atoms with van der Waals surface area (Å²) in [6.45, 7) is 2.58. The van der Waals surface area contributed by atoms with E-state index in [1.54, 1.807) is 31.2 Å². The van der Waals surface area contributed by atoms with Crippen LogP contribution in [0.1, 0.15) is 25.5 Å². The highest BCUT2D eigenvalue weighted by atomic mass is 19.4. The Morgan fingerprint density at radius 3 is 2.62 bits per heavy atom. The summed E-state index contributed by atoms with van der Waals surface area (Å²) in [5.41, 5.74) is 1.29. The van der Waals surface area contributed by atoms with Crippen molar-refractivity contribution in [1.82, 2.24) is 5.32 Å². The van der Waals surface area contributed by atoms with Crippen molar-refractivity contribution >= 4 is 11.6 Å². The van der Waals surface area contributed by atoms with Gasteiger partial charge in [0.15, 0.2) is 5.92 Å². The molecule has 1 aromatic carbocycles. The first kappa shape index (κ1) is 17.0. The molecule has 0 spiro atoms. The van der Waals surface area contributed by atoms with Crippen LogP contribution in [0.5, 0.6) is 0 Å². The van der Waals surface area contributed by atoms with Crippen LogP contribution in [0.3, 0.4) is 0 Å². The number of carbonyl (C=O) groups is 1. The van der Waals surface area contributed by atoms with Gasteiger partial charge in [-0.1, -0.05) is 12.1 Å². The molecule has 0 aliphatic rings. The minimum absolute atomic E-state index is 0.227. The molecule has 2 atom stereocenters. The number of nitrogens with zero attached hydrogens (tertiary/aromatic N) is 1. The van der Waals surface area contributed by atoms with Crippen LogP contribution in [0.25, 0.3) is 0 Å². The van der Waals surface area contributed by atoms with E-state index >= 15 is 0 Å². The Bertz CT molecular complexity index is 537. The summed E-state index contributed by atoms with van der Waals surface area (Å²) in [6.07, 6.45) is -4.54. The van der Waals surface area contributed by atoms with E-state index in [0.717, 1.165) is 5.56 Å². The number of carbonyl (C=O) groups excluding carboxylic acids is 1. The molecule has 0 saturated heterocycles. The highest BCUT2D eigenvalue weighted by Crippen LogP contribution is 2.26. The first-order valence-corrected chi connectivity index (χ1v) is 6.31. The molecule has 0 aliphatic carbocycles. The molecule has 1 rings (SSSR count). The van der Waals surface area contributed by atoms with E-state index in [9.17, 15) is 18.0 Å². The zero-order chi connectivity index (χ0) is 16.0. The molecule has 114 valence electrons. The second-order valence-corrected chi connectivity index (χ2v) is 4.66. The second-order valence-electron chi connectivity index (χ2n) is 4.66. The molecule has 0 radical (unpaired) electrons. The number of amides is 1. The van der Waals surface area contributed by atoms with Crippen LogP contribution in [0, 0.1) is 17.2 Å². The molecule has 0 heterocycles. The highest BCUT2D eigenvalue weighted by Gasteiger charge is 2.39. The molecule has 0 bridgehead atoms. The first-order chi connectivity index (χ1) is 9.74. The van der Waals surface area contributed by atoms with Gasteiger partial charge in [0.05, 0.1) is 6.07 Å². The maximum Gasteiger partial charge on any atom is 0.405 e. The average Bonchev–Trinajstić information content (AvgIpc) is 2.37. The predicted molar refractivity (Wildman–Crippen MR) is 72.3 cm³/mol. The zero-order valence-electron chi connectivity index (χ0n) is 11.7. The molecular formula is C14H16F3N3O. The van der Waals surface area contributed by atoms with Crippen LogP contribution in [-0.2, 0) is 4.79 Å². The maximum atomic E-state index is 12.5. The lowest BCUT2D eigenvalue weighted by Gasteiger charge is -2.19. The van der Waals surface area contributed by atoms with E-state index in [2.05, 4.69) is 10.6 Å². The predicted octanol–water partition coefficient (Wildman–Crippen LogP) is 3.00. The largest absolute Gasteiger partial charge is 0.405 e. The van der Waals surface area contributed by atoms with Gasteiger partial charge in [0.1, 0.15) is 0 Å². The van der Waals surface area contributed by atoms with Gasteiger partial charge in [-0.2, -0.15) is 18.4 Å². The Hall–Kier alpha value is -2.07. The number of anilines is 1. The van der Waals surface area contributed by atoms with E-state index in [1.807, 2.05) is 0 Å². The van der Waals surface area contributed by atoms with Crippen molar-refractivity contribution in [2.45, 2.75) is 26.1 Å². The van der Waals surface area contributed by atoms with E-state index in [1.165, 1.54) is 13.0 Å². The Kier molecular flexibility index (Phi) is 5.73. The molecule has 4 nitrogen and oxygen atoms in total. The topological polar surface area (TPSA) is 64.9 Å². The quantitative estimate of drug-likeness (QED) is 0.878. The van der Waals surface area contributed by atoms with Crippen molar-refractivity contribution in [2.24, 2.45) is 5.92 Å². The van der Waals surface area contributed by atoms with Crippen molar-refractivity contribution < 1.29 is 18.0 Å². The van der Waals surface area contributed by atoms with Crippen LogP contribution >= 0.6 is 0 Å². The fourth-order valence-electron chi connectivity index (χ4n) is 1.74. The average molecular weight is 299 g/mol. The van der Waals surface area contributed by atoms with Gasteiger partial charge in [-0.25, -0.2) is 0 Å². The molecule has 0 fully saturated rings. The van der Waals surface area contributed by atoms with Crippen molar-refractivity contribution in [3.63, 3.8) is 0 Å². The number of halogens is 3. The number of hydrogen-bond acceptors (Lipinski definition) is 3. The lowest BCUT2D eigenvalue weighted by Crippen LogP contribution is -2.33. The Labute approximate surface area is 121 Å². The molecule has 21 heavy (non-hydrogen) atoms. The van der Waals surface area contributed by atoms with Gasteiger partial charge < -0.3 is 10.6 Å². The molecule has 7 heteroatoms. The third kappa shape index (κ3) is 5.44. The second kappa shape index (κ2) is 7.09. The molecular weight excluding hydrogens is 283 g/mol. The number of nitrogens with one attached hydrogen (secondary N) is 2. The Morgan fingerprint density at radius 2 is 2.10 bits per heavy atom. The molecule has 0 saturated carbocycles. The van der Waals surface area contributed by atoms with E-state index in [4.69, 9.17) is 5.26 Å². The van der Waals surface area contributed by atoms with Crippen LogP contribution in [0.2, 0.25) is 0 Å². The van der Waals surface area contributed by atoms with Crippen molar-refractivity contribution in [1.29, 1.82) is 5.26 Å². The summed E-state index contributed by atoms with van der Waals surface area (Å²) in [5.74, 6) is -2.27. The lowest BCUT2D eigenvalue weighted by molar-refractivity contribution is -0.158. The van der Waals surface area contributed by atoms with Crippen LogP contribution in [0.4, 0.5) is 18.9 Å². The fourth-order valence-corrected chi connectivity index (χ4v) is 1.74. The van der Waals surface area contributed by atoms with Crippen LogP contribution in [0.15, 0.2) is 24.3 Å². The third-order valence-corrected chi connectivity index (χ3v) is 2.89. The van der Waals surface area contributed by atoms with Gasteiger partial charge in [-0.05, 0) is 24.6 Å². The molecule has 1 aromatic rings. The van der Waals surface area contributed by atoms with E-state index in [0.29, 0.717) is 5.69 Å². The smallest absolute Gasteiger partial charge is 0.326 e. The zero-order valence-corrected chi connectivity index (χ0v) is 11.7. The number of hydrogen-bond donors (Lipinski definition) is 2. The van der Waals surface area contributed by atoms with Gasteiger partial charge in [0.25, 0.3) is 0 Å². The standard InChI is InChI=1S/C14H16F3N3O/c1-9(19-8-12(7-18)14(15,16)17)11-4-3-5-13(6-11)20-10(2)21/h3-6,9,12,19H,8H2,1-2H3,(H,20,21). The number of rotatable bonds is 5. The highest BCUT2D eigenvalue weighted by molar-refractivity contribution is 5.88. The number of alkyl halides is 3. The van der Waals surface area contributed by atoms with Crippen molar-refractivity contribution in [3.8, 4) is 6.07 Å². The molecule has 0 aromatic heterocycles. The van der Waals surface area contributed by atoms with Gasteiger partial charge >= 0.3 is 6.18 Å². The molecule has 2 unspecified atom stereocenters. The summed E-state index contributed by atoms with van der Waals surface area (Å²) in [5, 5.41) is 13.8. The van der Waals surface area contributed by atoms with Crippen LogP contribution in [-0.4, -0.2) is 18.6 Å². The van der Waals surface area contributed by atoms with Crippen molar-refractivity contribution in [3.05, 3.63) is 29.8 Å². The molecule has 1 amide bonds. The van der Waals surface area contributed by atoms with Gasteiger partial charge in [0, 0.05) is 25.2 Å². The summed E-state index contributed by atoms with van der Waals surface area (Å²) in [7, 11) is 0. The monoisotopic (exact) mass is 299 g/mol. The van der Waals surface area contributed by atoms with Crippen LogP contribution < -0.4 is 10.6 Å². The van der Waals surface area contributed by atoms with Gasteiger partial charge in [0.2, 0.25) is 5.91 Å². The summed E-state index contributed by atoms with van der Waals surface area (Å²) < 4.78 is 37.4. The first-order valence-electron chi connectivity index (χ1n) is 6.31. The SMILES string of the molecule is CC(=O)Nc1cccc(C(C)NCC(C#N)C(F)(F)F)c1. The summed E-state index contributed by atoms with van der Waals surface area (Å²) in [4.78, 5) is 11.0. The summed E-state index contributed by atoms with van der Waals surface area (Å²) >= 11 is 0. The summed E-state index contributed by atoms with van der Waals surface area (Å²) in [6, 6.07) is 7.66. The maximum absolute atomic E-state index is 12.5. The fraction of sp³-hybridized carbons (Fsp3) is 0.429. The lowest BCUT2D eigenvalue weighted by atomic mass is 10.1. The number of benzene rings is 1. The minimum atomic E-state index is -4.54. The molecule has 2 N–H and O–H groups in total. The van der Waals surface area contributed by atoms with Crippen molar-refractivity contribution in [2.75, 3.05) is 11.9 Å². The minimum Gasteiger partial charge on any atom is -0.326 e. The van der Waals surface area contributed by atoms with Gasteiger partial charge in [-0.3, -0.25) is 4.79 Å². The molecule has 0 aliphatic heterocycles. The van der Waals surface area contributed by atoms with Gasteiger partial charge in [-0.15, -0.1) is 0 Å². The Morgan fingerprint density at radius 1 is 1.43 bits per heavy atom. The van der Waals surface area contributed by atoms with E-state index in [-0.39, 0.29) is 11.9 Å². The normalized spacial score (nSPS) is 14.1. The Balaban J connectivity index is 2.70. The third-order valence-electron chi connectivity index (χ3n) is 2.89.